The number of benzene rings is 1. The second-order valence-electron chi connectivity index (χ2n) is 11.5. The summed E-state index contributed by atoms with van der Waals surface area (Å²) in [7, 11) is 0. The van der Waals surface area contributed by atoms with Crippen LogP contribution in [-0.2, 0) is 12.2 Å². The van der Waals surface area contributed by atoms with Crippen LogP contribution < -0.4 is 4.74 Å². The van der Waals surface area contributed by atoms with E-state index in [9.17, 15) is 5.11 Å². The van der Waals surface area contributed by atoms with E-state index in [1.54, 1.807) is 12.1 Å². The summed E-state index contributed by atoms with van der Waals surface area (Å²) in [6.45, 7) is 9.91. The van der Waals surface area contributed by atoms with Crippen LogP contribution in [-0.4, -0.2) is 40.7 Å². The number of H-pyrrole nitrogens is 1. The molecule has 0 spiro atoms. The number of aromatic amines is 1. The minimum atomic E-state index is -1.08. The number of aliphatic hydroxyl groups is 1. The first-order chi connectivity index (χ1) is 21.1. The lowest BCUT2D eigenvalue weighted by Gasteiger charge is -2.44. The third kappa shape index (κ3) is 5.72. The number of ether oxygens (including phenoxy) is 1. The van der Waals surface area contributed by atoms with Gasteiger partial charge in [-0.3, -0.25) is 4.68 Å². The Balaban J connectivity index is 1.20. The zero-order chi connectivity index (χ0) is 31.2. The number of hydrogen-bond donors (Lipinski definition) is 2. The van der Waals surface area contributed by atoms with Crippen LogP contribution in [0.3, 0.4) is 0 Å². The first-order valence-corrected chi connectivity index (χ1v) is 15.6. The van der Waals surface area contributed by atoms with Gasteiger partial charge in [0.25, 0.3) is 0 Å². The van der Waals surface area contributed by atoms with Crippen LogP contribution in [0, 0.1) is 0 Å². The third-order valence-corrected chi connectivity index (χ3v) is 9.23. The van der Waals surface area contributed by atoms with Crippen LogP contribution in [0.15, 0.2) is 57.6 Å². The molecule has 2 aliphatic rings. The van der Waals surface area contributed by atoms with Crippen molar-refractivity contribution in [3.05, 3.63) is 86.4 Å². The van der Waals surface area contributed by atoms with Crippen molar-refractivity contribution in [1.82, 2.24) is 35.6 Å². The van der Waals surface area contributed by atoms with Crippen molar-refractivity contribution in [3.8, 4) is 17.3 Å². The highest BCUT2D eigenvalue weighted by Gasteiger charge is 2.47. The number of halogens is 3. The van der Waals surface area contributed by atoms with Gasteiger partial charge in [0, 0.05) is 39.7 Å². The molecular formula is C31H32Cl3N7O3. The van der Waals surface area contributed by atoms with Gasteiger partial charge >= 0.3 is 0 Å². The van der Waals surface area contributed by atoms with Crippen molar-refractivity contribution in [2.75, 3.05) is 0 Å². The highest BCUT2D eigenvalue weighted by Crippen LogP contribution is 2.53. The van der Waals surface area contributed by atoms with Crippen molar-refractivity contribution >= 4 is 40.4 Å². The zero-order valence-electron chi connectivity index (χ0n) is 24.5. The van der Waals surface area contributed by atoms with E-state index in [1.165, 1.54) is 6.08 Å². The molecular weight excluding hydrogens is 625 g/mol. The molecule has 2 saturated carbocycles. The fourth-order valence-corrected chi connectivity index (χ4v) is 6.50. The smallest absolute Gasteiger partial charge is 0.199 e. The van der Waals surface area contributed by atoms with Gasteiger partial charge in [0.15, 0.2) is 5.82 Å². The maximum absolute atomic E-state index is 11.6. The monoisotopic (exact) mass is 655 g/mol. The molecule has 0 atom stereocenters. The number of allylic oxidation sites excluding steroid dienone is 5. The molecule has 0 aliphatic heterocycles. The van der Waals surface area contributed by atoms with Gasteiger partial charge in [-0.05, 0) is 81.2 Å². The molecule has 3 heterocycles. The van der Waals surface area contributed by atoms with Gasteiger partial charge < -0.3 is 14.4 Å². The summed E-state index contributed by atoms with van der Waals surface area (Å²) < 4.78 is 13.9. The van der Waals surface area contributed by atoms with Gasteiger partial charge in [0.1, 0.15) is 29.5 Å². The lowest BCUT2D eigenvalue weighted by atomic mass is 9.66. The Kier molecular flexibility index (Phi) is 8.45. The number of hydrogen-bond acceptors (Lipinski definition) is 8. The summed E-state index contributed by atoms with van der Waals surface area (Å²) in [5, 5.41) is 35.9. The molecule has 0 unspecified atom stereocenters. The number of aromatic nitrogens is 7. The van der Waals surface area contributed by atoms with E-state index < -0.39 is 5.60 Å². The number of nitrogens with zero attached hydrogens (tertiary/aromatic N) is 6. The summed E-state index contributed by atoms with van der Waals surface area (Å²) in [4.78, 5) is 0. The lowest BCUT2D eigenvalue weighted by Crippen LogP contribution is -2.41. The second-order valence-corrected chi connectivity index (χ2v) is 12.7. The topological polar surface area (TPSA) is 128 Å². The minimum absolute atomic E-state index is 0.0908. The van der Waals surface area contributed by atoms with E-state index >= 15 is 0 Å². The number of rotatable bonds is 11. The Morgan fingerprint density at radius 3 is 2.64 bits per heavy atom. The standard InChI is InChI=1S/C31H32Cl3N7O3/c1-5-22(32)27(23(33)6-2)28-20(29(44-38-28)17-7-8-17)15-43-19-9-10-21(24(34)11-19)31(42)13-18(14-31)26-12-25(30-35-39-40-36-30)37-41(26)16(3)4/h5-6,9-12,16-18,42H,1,7-8,13-15H2,2-4H3,(H,35,36,39,40)/b23-6+,27-22-. The average Bonchev–Trinajstić information content (AvgIpc) is 3.36. The molecule has 6 rings (SSSR count). The van der Waals surface area contributed by atoms with E-state index in [-0.39, 0.29) is 24.5 Å². The quantitative estimate of drug-likeness (QED) is 0.157. The first kappa shape index (κ1) is 30.6. The SMILES string of the molecule is C=C/C(Cl)=C(\C(Cl)=C/C)c1noc(C2CC2)c1COc1ccc(C2(O)CC(c3cc(-c4nnn[nH]4)nn3C(C)C)C2)c(Cl)c1. The summed E-state index contributed by atoms with van der Waals surface area (Å²) >= 11 is 19.8. The van der Waals surface area contributed by atoms with Crippen molar-refractivity contribution < 1.29 is 14.4 Å². The fourth-order valence-electron chi connectivity index (χ4n) is 5.72. The molecule has 0 radical (unpaired) electrons. The van der Waals surface area contributed by atoms with Gasteiger partial charge in [-0.2, -0.15) is 5.10 Å². The van der Waals surface area contributed by atoms with E-state index in [0.717, 1.165) is 29.9 Å². The Hall–Kier alpha value is -3.44. The van der Waals surface area contributed by atoms with Crippen molar-refractivity contribution in [2.24, 2.45) is 0 Å². The molecule has 2 aliphatic carbocycles. The van der Waals surface area contributed by atoms with Crippen LogP contribution in [0.2, 0.25) is 5.02 Å². The summed E-state index contributed by atoms with van der Waals surface area (Å²) in [5.41, 5.74) is 3.11. The Morgan fingerprint density at radius 1 is 1.25 bits per heavy atom. The van der Waals surface area contributed by atoms with E-state index in [2.05, 4.69) is 46.2 Å². The average molecular weight is 657 g/mol. The molecule has 0 saturated heterocycles. The van der Waals surface area contributed by atoms with Gasteiger partial charge in [0.2, 0.25) is 0 Å². The van der Waals surface area contributed by atoms with Crippen molar-refractivity contribution in [1.29, 1.82) is 0 Å². The summed E-state index contributed by atoms with van der Waals surface area (Å²) in [6.07, 6.45) is 6.30. The largest absolute Gasteiger partial charge is 0.489 e. The Labute approximate surface area is 269 Å². The second kappa shape index (κ2) is 12.2. The predicted octanol–water partition coefficient (Wildman–Crippen LogP) is 7.79. The maximum Gasteiger partial charge on any atom is 0.199 e. The highest BCUT2D eigenvalue weighted by molar-refractivity contribution is 6.42. The normalized spacial score (nSPS) is 20.9. The molecule has 1 aromatic carbocycles. The first-order valence-electron chi connectivity index (χ1n) is 14.5. The van der Waals surface area contributed by atoms with Crippen LogP contribution in [0.5, 0.6) is 5.75 Å². The zero-order valence-corrected chi connectivity index (χ0v) is 26.8. The maximum atomic E-state index is 11.6. The summed E-state index contributed by atoms with van der Waals surface area (Å²) in [5.74, 6) is 2.20. The van der Waals surface area contributed by atoms with Crippen molar-refractivity contribution in [3.63, 3.8) is 0 Å². The Bertz CT molecular complexity index is 1750. The minimum Gasteiger partial charge on any atom is -0.489 e. The van der Waals surface area contributed by atoms with E-state index in [0.29, 0.717) is 62.0 Å². The van der Waals surface area contributed by atoms with E-state index in [1.807, 2.05) is 29.8 Å². The van der Waals surface area contributed by atoms with Gasteiger partial charge in [-0.25, -0.2) is 5.10 Å². The summed E-state index contributed by atoms with van der Waals surface area (Å²) in [6, 6.07) is 7.48. The van der Waals surface area contributed by atoms with Gasteiger partial charge in [0.05, 0.1) is 21.2 Å². The molecule has 2 fully saturated rings. The van der Waals surface area contributed by atoms with Crippen LogP contribution >= 0.6 is 34.8 Å². The van der Waals surface area contributed by atoms with Crippen molar-refractivity contribution in [2.45, 2.75) is 76.5 Å². The molecule has 4 aromatic rings. The van der Waals surface area contributed by atoms with Gasteiger partial charge in [-0.15, -0.1) is 5.10 Å². The predicted molar refractivity (Wildman–Crippen MR) is 168 cm³/mol. The molecule has 0 amide bonds. The third-order valence-electron chi connectivity index (χ3n) is 8.17. The van der Waals surface area contributed by atoms with Crippen LogP contribution in [0.25, 0.3) is 17.1 Å². The molecule has 13 heteroatoms. The van der Waals surface area contributed by atoms with Crippen LogP contribution in [0.1, 0.15) is 92.6 Å². The van der Waals surface area contributed by atoms with Gasteiger partial charge in [-0.1, -0.05) is 58.7 Å². The number of tetrazole rings is 1. The Morgan fingerprint density at radius 2 is 2.02 bits per heavy atom. The molecule has 3 aromatic heterocycles. The fraction of sp³-hybridized carbons (Fsp3) is 0.387. The molecule has 0 bridgehead atoms. The molecule has 44 heavy (non-hydrogen) atoms. The number of nitrogens with one attached hydrogen (secondary N) is 1. The molecule has 10 nitrogen and oxygen atoms in total. The molecule has 2 N–H and O–H groups in total. The highest BCUT2D eigenvalue weighted by atomic mass is 35.5. The molecule has 230 valence electrons. The lowest BCUT2D eigenvalue weighted by molar-refractivity contribution is -0.0569. The van der Waals surface area contributed by atoms with Crippen LogP contribution in [0.4, 0.5) is 0 Å². The van der Waals surface area contributed by atoms with E-state index in [4.69, 9.17) is 49.2 Å².